The van der Waals surface area contributed by atoms with Gasteiger partial charge in [-0.05, 0) is 18.4 Å². The molecular formula is C19H27F2N3O. The first-order valence-electron chi connectivity index (χ1n) is 9.22. The van der Waals surface area contributed by atoms with Crippen LogP contribution in [-0.4, -0.2) is 55.0 Å². The normalized spacial score (nSPS) is 19.2. The third-order valence-electron chi connectivity index (χ3n) is 5.30. The number of benzene rings is 1. The summed E-state index contributed by atoms with van der Waals surface area (Å²) >= 11 is 0. The van der Waals surface area contributed by atoms with Crippen molar-refractivity contribution in [2.24, 2.45) is 5.92 Å². The van der Waals surface area contributed by atoms with Gasteiger partial charge in [-0.15, -0.1) is 0 Å². The summed E-state index contributed by atoms with van der Waals surface area (Å²) in [6, 6.07) is 6.47. The highest BCUT2D eigenvalue weighted by molar-refractivity contribution is 5.79. The van der Waals surface area contributed by atoms with Gasteiger partial charge in [-0.25, -0.2) is 8.78 Å². The molecule has 3 rings (SSSR count). The molecule has 0 bridgehead atoms. The van der Waals surface area contributed by atoms with Crippen LogP contribution >= 0.6 is 0 Å². The van der Waals surface area contributed by atoms with E-state index in [9.17, 15) is 13.6 Å². The van der Waals surface area contributed by atoms with Crippen LogP contribution in [0.2, 0.25) is 0 Å². The lowest BCUT2D eigenvalue weighted by atomic mass is 9.84. The van der Waals surface area contributed by atoms with E-state index in [1.807, 2.05) is 4.90 Å². The Balaban J connectivity index is 1.30. The largest absolute Gasteiger partial charge is 0.340 e. The molecule has 138 valence electrons. The summed E-state index contributed by atoms with van der Waals surface area (Å²) in [6.45, 7) is 6.03. The Morgan fingerprint density at radius 2 is 1.80 bits per heavy atom. The molecule has 1 aliphatic heterocycles. The topological polar surface area (TPSA) is 35.6 Å². The van der Waals surface area contributed by atoms with Gasteiger partial charge in [0.2, 0.25) is 5.91 Å². The van der Waals surface area contributed by atoms with E-state index in [2.05, 4.69) is 10.2 Å². The minimum Gasteiger partial charge on any atom is -0.340 e. The summed E-state index contributed by atoms with van der Waals surface area (Å²) < 4.78 is 25.0. The van der Waals surface area contributed by atoms with Crippen LogP contribution < -0.4 is 5.32 Å². The predicted octanol–water partition coefficient (Wildman–Crippen LogP) is 2.66. The number of carbonyl (C=O) groups is 1. The first-order chi connectivity index (χ1) is 12.1. The lowest BCUT2D eigenvalue weighted by Gasteiger charge is -2.38. The maximum Gasteiger partial charge on any atom is 0.263 e. The van der Waals surface area contributed by atoms with Crippen LogP contribution in [-0.2, 0) is 11.3 Å². The minimum absolute atomic E-state index is 0.0677. The van der Waals surface area contributed by atoms with Crippen molar-refractivity contribution in [1.82, 2.24) is 15.1 Å². The molecule has 1 aromatic rings. The van der Waals surface area contributed by atoms with Gasteiger partial charge in [-0.1, -0.05) is 30.7 Å². The molecule has 0 atom stereocenters. The molecule has 2 fully saturated rings. The lowest BCUT2D eigenvalue weighted by Crippen LogP contribution is -2.52. The van der Waals surface area contributed by atoms with E-state index < -0.39 is 6.43 Å². The molecule has 1 saturated carbocycles. The van der Waals surface area contributed by atoms with E-state index >= 15 is 0 Å². The second-order valence-electron chi connectivity index (χ2n) is 7.01. The van der Waals surface area contributed by atoms with Crippen molar-refractivity contribution in [3.8, 4) is 0 Å². The lowest BCUT2D eigenvalue weighted by molar-refractivity contribution is -0.139. The summed E-state index contributed by atoms with van der Waals surface area (Å²) in [5.74, 6) is 0.654. The van der Waals surface area contributed by atoms with E-state index in [0.29, 0.717) is 18.4 Å². The van der Waals surface area contributed by atoms with Crippen LogP contribution in [0.5, 0.6) is 0 Å². The van der Waals surface area contributed by atoms with Crippen LogP contribution in [0.1, 0.15) is 36.8 Å². The van der Waals surface area contributed by atoms with Gasteiger partial charge in [-0.2, -0.15) is 0 Å². The highest BCUT2D eigenvalue weighted by atomic mass is 19.3. The van der Waals surface area contributed by atoms with Crippen molar-refractivity contribution >= 4 is 5.91 Å². The highest BCUT2D eigenvalue weighted by Gasteiger charge is 2.30. The van der Waals surface area contributed by atoms with Gasteiger partial charge in [0.25, 0.3) is 6.43 Å². The zero-order chi connectivity index (χ0) is 17.6. The smallest absolute Gasteiger partial charge is 0.263 e. The fourth-order valence-corrected chi connectivity index (χ4v) is 3.36. The Morgan fingerprint density at radius 1 is 1.12 bits per heavy atom. The van der Waals surface area contributed by atoms with Crippen LogP contribution in [0.25, 0.3) is 0 Å². The monoisotopic (exact) mass is 351 g/mol. The summed E-state index contributed by atoms with van der Waals surface area (Å²) in [5.41, 5.74) is 1.08. The third-order valence-corrected chi connectivity index (χ3v) is 5.30. The van der Waals surface area contributed by atoms with Crippen molar-refractivity contribution in [3.63, 3.8) is 0 Å². The van der Waals surface area contributed by atoms with E-state index in [4.69, 9.17) is 0 Å². The molecule has 0 unspecified atom stereocenters. The number of rotatable bonds is 7. The number of carbonyl (C=O) groups excluding carboxylic acids is 1. The number of hydrogen-bond acceptors (Lipinski definition) is 3. The van der Waals surface area contributed by atoms with Gasteiger partial charge in [0, 0.05) is 57.3 Å². The van der Waals surface area contributed by atoms with Crippen molar-refractivity contribution in [1.29, 1.82) is 0 Å². The number of nitrogens with zero attached hydrogens (tertiary/aromatic N) is 2. The number of alkyl halides is 2. The molecule has 2 aliphatic rings. The fourth-order valence-electron chi connectivity index (χ4n) is 3.36. The quantitative estimate of drug-likeness (QED) is 0.767. The van der Waals surface area contributed by atoms with Gasteiger partial charge in [0.1, 0.15) is 0 Å². The van der Waals surface area contributed by atoms with Crippen molar-refractivity contribution in [2.75, 3.05) is 39.3 Å². The predicted molar refractivity (Wildman–Crippen MR) is 93.5 cm³/mol. The Bertz CT molecular complexity index is 552. The zero-order valence-corrected chi connectivity index (χ0v) is 14.6. The summed E-state index contributed by atoms with van der Waals surface area (Å²) in [5, 5.41) is 3.36. The number of nitrogens with one attached hydrogen (secondary N) is 1. The third kappa shape index (κ3) is 4.98. The number of piperazine rings is 1. The van der Waals surface area contributed by atoms with Crippen LogP contribution in [0.3, 0.4) is 0 Å². The maximum atomic E-state index is 12.5. The maximum absolute atomic E-state index is 12.5. The fraction of sp³-hybridized carbons (Fsp3) is 0.632. The summed E-state index contributed by atoms with van der Waals surface area (Å²) in [7, 11) is 0. The molecule has 1 amide bonds. The van der Waals surface area contributed by atoms with Gasteiger partial charge in [0.05, 0.1) is 0 Å². The second kappa shape index (κ2) is 8.72. The van der Waals surface area contributed by atoms with Crippen molar-refractivity contribution < 1.29 is 13.6 Å². The second-order valence-corrected chi connectivity index (χ2v) is 7.01. The minimum atomic E-state index is -2.41. The molecule has 25 heavy (non-hydrogen) atoms. The Kier molecular flexibility index (Phi) is 6.37. The Morgan fingerprint density at radius 3 is 2.36 bits per heavy atom. The molecule has 0 spiro atoms. The van der Waals surface area contributed by atoms with E-state index in [-0.39, 0.29) is 5.56 Å². The average molecular weight is 351 g/mol. The zero-order valence-electron chi connectivity index (χ0n) is 14.6. The molecule has 0 radical (unpaired) electrons. The number of amides is 1. The van der Waals surface area contributed by atoms with Gasteiger partial charge in [-0.3, -0.25) is 9.69 Å². The molecule has 1 N–H and O–H groups in total. The summed E-state index contributed by atoms with van der Waals surface area (Å²) in [4.78, 5) is 16.6. The first kappa shape index (κ1) is 18.3. The van der Waals surface area contributed by atoms with Crippen LogP contribution in [0, 0.1) is 5.92 Å². The molecule has 1 saturated heterocycles. The standard InChI is InChI=1S/C19H27F2N3O/c20-18(21)16-6-4-15(5-7-16)14-22-8-9-23-10-12-24(13-11-23)19(25)17-2-1-3-17/h4-7,17-18,22H,1-3,8-14H2. The van der Waals surface area contributed by atoms with Crippen molar-refractivity contribution in [3.05, 3.63) is 35.4 Å². The Labute approximate surface area is 148 Å². The molecule has 1 aliphatic carbocycles. The number of halogens is 2. The SMILES string of the molecule is O=C(C1CCC1)N1CCN(CCNCc2ccc(C(F)F)cc2)CC1. The van der Waals surface area contributed by atoms with Gasteiger partial charge < -0.3 is 10.2 Å². The van der Waals surface area contributed by atoms with Crippen molar-refractivity contribution in [2.45, 2.75) is 32.2 Å². The van der Waals surface area contributed by atoms with Gasteiger partial charge >= 0.3 is 0 Å². The molecule has 6 heteroatoms. The molecular weight excluding hydrogens is 324 g/mol. The summed E-state index contributed by atoms with van der Waals surface area (Å²) in [6.07, 6.45) is 0.937. The first-order valence-corrected chi connectivity index (χ1v) is 9.22. The van der Waals surface area contributed by atoms with Crippen LogP contribution in [0.15, 0.2) is 24.3 Å². The molecule has 1 aromatic carbocycles. The van der Waals surface area contributed by atoms with Gasteiger partial charge in [0.15, 0.2) is 0 Å². The number of hydrogen-bond donors (Lipinski definition) is 1. The molecule has 0 aromatic heterocycles. The Hall–Kier alpha value is -1.53. The van der Waals surface area contributed by atoms with E-state index in [0.717, 1.165) is 57.7 Å². The van der Waals surface area contributed by atoms with E-state index in [1.165, 1.54) is 18.6 Å². The van der Waals surface area contributed by atoms with Crippen LogP contribution in [0.4, 0.5) is 8.78 Å². The molecule has 4 nitrogen and oxygen atoms in total. The average Bonchev–Trinajstić information content (AvgIpc) is 2.58. The molecule has 1 heterocycles. The highest BCUT2D eigenvalue weighted by Crippen LogP contribution is 2.28. The van der Waals surface area contributed by atoms with E-state index in [1.54, 1.807) is 12.1 Å².